The third-order valence-electron chi connectivity index (χ3n) is 2.24. The summed E-state index contributed by atoms with van der Waals surface area (Å²) in [5.74, 6) is 0. The molecule has 0 aromatic carbocycles. The number of ether oxygens (including phenoxy) is 3. The van der Waals surface area contributed by atoms with Crippen molar-refractivity contribution in [1.82, 2.24) is 10.4 Å². The molecule has 15 heavy (non-hydrogen) atoms. The van der Waals surface area contributed by atoms with Gasteiger partial charge in [0.15, 0.2) is 0 Å². The molecule has 5 nitrogen and oxygen atoms in total. The minimum Gasteiger partial charge on any atom is -0.382 e. The Morgan fingerprint density at radius 1 is 1.20 bits per heavy atom. The average molecular weight is 218 g/mol. The fourth-order valence-corrected chi connectivity index (χ4v) is 1.38. The summed E-state index contributed by atoms with van der Waals surface area (Å²) >= 11 is 0. The maximum atomic E-state index is 5.36. The number of methoxy groups -OCH3 is 1. The van der Waals surface area contributed by atoms with Crippen LogP contribution in [0.5, 0.6) is 0 Å². The van der Waals surface area contributed by atoms with Crippen molar-refractivity contribution in [3.05, 3.63) is 0 Å². The number of rotatable bonds is 8. The quantitative estimate of drug-likeness (QED) is 0.575. The molecule has 0 saturated carbocycles. The Labute approximate surface area is 91.6 Å². The number of hydrogen-bond acceptors (Lipinski definition) is 5. The number of nitrogens with one attached hydrogen (secondary N) is 1. The smallest absolute Gasteiger partial charge is 0.0700 e. The molecule has 0 aromatic rings. The molecular weight excluding hydrogens is 196 g/mol. The minimum atomic E-state index is 0.677. The van der Waals surface area contributed by atoms with Crippen LogP contribution in [0, 0.1) is 0 Å². The molecule has 0 amide bonds. The Hall–Kier alpha value is -0.200. The average Bonchev–Trinajstić information content (AvgIpc) is 2.29. The van der Waals surface area contributed by atoms with Crippen LogP contribution in [0.15, 0.2) is 0 Å². The van der Waals surface area contributed by atoms with E-state index in [1.807, 2.05) is 0 Å². The molecule has 1 aliphatic rings. The van der Waals surface area contributed by atoms with Crippen molar-refractivity contribution in [3.8, 4) is 0 Å². The number of nitrogens with zero attached hydrogens (tertiary/aromatic N) is 1. The van der Waals surface area contributed by atoms with E-state index >= 15 is 0 Å². The summed E-state index contributed by atoms with van der Waals surface area (Å²) in [7, 11) is 1.68. The number of morpholine rings is 1. The molecular formula is C10H22N2O3. The predicted octanol–water partition coefficient (Wildman–Crippen LogP) is -0.124. The van der Waals surface area contributed by atoms with Gasteiger partial charge in [0.05, 0.1) is 26.4 Å². The monoisotopic (exact) mass is 218 g/mol. The first kappa shape index (κ1) is 12.9. The molecule has 0 aromatic heterocycles. The highest BCUT2D eigenvalue weighted by atomic mass is 16.5. The van der Waals surface area contributed by atoms with Crippen LogP contribution in [0.3, 0.4) is 0 Å². The molecule has 90 valence electrons. The standard InChI is InChI=1S/C10H22N2O3/c1-13-9-10-14-6-2-3-11-12-4-7-15-8-5-12/h11H,2-10H2,1H3. The first-order valence-corrected chi connectivity index (χ1v) is 5.56. The van der Waals surface area contributed by atoms with Gasteiger partial charge in [0.25, 0.3) is 0 Å². The van der Waals surface area contributed by atoms with Crippen LogP contribution < -0.4 is 5.43 Å². The second-order valence-corrected chi connectivity index (χ2v) is 3.47. The molecule has 1 fully saturated rings. The van der Waals surface area contributed by atoms with E-state index in [1.165, 1.54) is 0 Å². The summed E-state index contributed by atoms with van der Waals surface area (Å²) in [5.41, 5.74) is 3.35. The zero-order chi connectivity index (χ0) is 10.8. The molecule has 0 radical (unpaired) electrons. The molecule has 1 N–H and O–H groups in total. The van der Waals surface area contributed by atoms with Crippen LogP contribution in [0.2, 0.25) is 0 Å². The number of hydrazine groups is 1. The van der Waals surface area contributed by atoms with E-state index in [0.29, 0.717) is 13.2 Å². The molecule has 0 bridgehead atoms. The van der Waals surface area contributed by atoms with E-state index in [4.69, 9.17) is 14.2 Å². The fraction of sp³-hybridized carbons (Fsp3) is 1.00. The van der Waals surface area contributed by atoms with Crippen LogP contribution in [-0.4, -0.2) is 64.8 Å². The Kier molecular flexibility index (Phi) is 7.77. The minimum absolute atomic E-state index is 0.677. The summed E-state index contributed by atoms with van der Waals surface area (Å²) in [4.78, 5) is 0. The maximum Gasteiger partial charge on any atom is 0.0700 e. The van der Waals surface area contributed by atoms with E-state index < -0.39 is 0 Å². The second-order valence-electron chi connectivity index (χ2n) is 3.47. The van der Waals surface area contributed by atoms with Crippen molar-refractivity contribution in [2.24, 2.45) is 0 Å². The summed E-state index contributed by atoms with van der Waals surface area (Å²) in [5, 5.41) is 2.21. The second kappa shape index (κ2) is 9.06. The first-order chi connectivity index (χ1) is 7.43. The first-order valence-electron chi connectivity index (χ1n) is 5.56. The van der Waals surface area contributed by atoms with Gasteiger partial charge < -0.3 is 14.2 Å². The zero-order valence-electron chi connectivity index (χ0n) is 9.54. The van der Waals surface area contributed by atoms with Gasteiger partial charge >= 0.3 is 0 Å². The zero-order valence-corrected chi connectivity index (χ0v) is 9.54. The molecule has 1 aliphatic heterocycles. The number of hydrogen-bond donors (Lipinski definition) is 1. The van der Waals surface area contributed by atoms with Gasteiger partial charge in [0, 0.05) is 33.4 Å². The van der Waals surface area contributed by atoms with E-state index in [9.17, 15) is 0 Å². The predicted molar refractivity (Wildman–Crippen MR) is 57.7 cm³/mol. The molecule has 1 saturated heterocycles. The molecule has 0 aliphatic carbocycles. The fourth-order valence-electron chi connectivity index (χ4n) is 1.38. The van der Waals surface area contributed by atoms with E-state index in [2.05, 4.69) is 10.4 Å². The van der Waals surface area contributed by atoms with Gasteiger partial charge in [0.2, 0.25) is 0 Å². The van der Waals surface area contributed by atoms with Gasteiger partial charge in [-0.3, -0.25) is 5.43 Å². The van der Waals surface area contributed by atoms with Crippen molar-refractivity contribution in [2.45, 2.75) is 6.42 Å². The van der Waals surface area contributed by atoms with E-state index in [1.54, 1.807) is 7.11 Å². The molecule has 1 heterocycles. The molecule has 0 atom stereocenters. The topological polar surface area (TPSA) is 43.0 Å². The summed E-state index contributed by atoms with van der Waals surface area (Å²) in [6, 6.07) is 0. The van der Waals surface area contributed by atoms with Crippen molar-refractivity contribution in [1.29, 1.82) is 0 Å². The molecule has 5 heteroatoms. The highest BCUT2D eigenvalue weighted by molar-refractivity contribution is 4.56. The van der Waals surface area contributed by atoms with Gasteiger partial charge in [-0.1, -0.05) is 0 Å². The highest BCUT2D eigenvalue weighted by Gasteiger charge is 2.08. The normalized spacial score (nSPS) is 18.2. The highest BCUT2D eigenvalue weighted by Crippen LogP contribution is 1.92. The molecule has 0 unspecified atom stereocenters. The van der Waals surface area contributed by atoms with E-state index in [-0.39, 0.29) is 0 Å². The molecule has 1 rings (SSSR count). The lowest BCUT2D eigenvalue weighted by Gasteiger charge is -2.27. The third kappa shape index (κ3) is 6.81. The van der Waals surface area contributed by atoms with Crippen LogP contribution >= 0.6 is 0 Å². The Morgan fingerprint density at radius 2 is 2.00 bits per heavy atom. The van der Waals surface area contributed by atoms with Crippen molar-refractivity contribution >= 4 is 0 Å². The summed E-state index contributed by atoms with van der Waals surface area (Å²) < 4.78 is 15.5. The Balaban J connectivity index is 1.79. The van der Waals surface area contributed by atoms with Crippen molar-refractivity contribution in [3.63, 3.8) is 0 Å². The lowest BCUT2D eigenvalue weighted by molar-refractivity contribution is 0.00938. The Morgan fingerprint density at radius 3 is 2.73 bits per heavy atom. The largest absolute Gasteiger partial charge is 0.382 e. The summed E-state index contributed by atoms with van der Waals surface area (Å²) in [6.07, 6.45) is 1.03. The van der Waals surface area contributed by atoms with Gasteiger partial charge in [-0.25, -0.2) is 5.01 Å². The van der Waals surface area contributed by atoms with Crippen LogP contribution in [0.1, 0.15) is 6.42 Å². The van der Waals surface area contributed by atoms with Gasteiger partial charge in [-0.05, 0) is 6.42 Å². The lowest BCUT2D eigenvalue weighted by Crippen LogP contribution is -2.46. The third-order valence-corrected chi connectivity index (χ3v) is 2.24. The SMILES string of the molecule is COCCOCCCNN1CCOCC1. The van der Waals surface area contributed by atoms with E-state index in [0.717, 1.165) is 45.9 Å². The lowest BCUT2D eigenvalue weighted by atomic mass is 10.4. The van der Waals surface area contributed by atoms with Crippen LogP contribution in [-0.2, 0) is 14.2 Å². The van der Waals surface area contributed by atoms with Crippen molar-refractivity contribution in [2.75, 3.05) is 59.8 Å². The summed E-state index contributed by atoms with van der Waals surface area (Å²) in [6.45, 7) is 6.74. The van der Waals surface area contributed by atoms with Crippen LogP contribution in [0.25, 0.3) is 0 Å². The van der Waals surface area contributed by atoms with Crippen LogP contribution in [0.4, 0.5) is 0 Å². The Bertz CT molecular complexity index is 141. The van der Waals surface area contributed by atoms with Gasteiger partial charge in [-0.2, -0.15) is 0 Å². The van der Waals surface area contributed by atoms with Gasteiger partial charge in [0.1, 0.15) is 0 Å². The van der Waals surface area contributed by atoms with Crippen molar-refractivity contribution < 1.29 is 14.2 Å². The van der Waals surface area contributed by atoms with Gasteiger partial charge in [-0.15, -0.1) is 0 Å². The maximum absolute atomic E-state index is 5.36. The molecule has 0 spiro atoms.